The summed E-state index contributed by atoms with van der Waals surface area (Å²) >= 11 is 0. The van der Waals surface area contributed by atoms with Crippen LogP contribution >= 0.6 is 0 Å². The predicted molar refractivity (Wildman–Crippen MR) is 87.6 cm³/mol. The normalized spacial score (nSPS) is 12.3. The van der Waals surface area contributed by atoms with Crippen LogP contribution in [0.25, 0.3) is 0 Å². The molecule has 3 N–H and O–H groups in total. The van der Waals surface area contributed by atoms with E-state index in [1.807, 2.05) is 12.1 Å². The van der Waals surface area contributed by atoms with Gasteiger partial charge in [-0.2, -0.15) is 0 Å². The molecule has 3 nitrogen and oxygen atoms in total. The molecule has 0 aliphatic heterocycles. The van der Waals surface area contributed by atoms with Crippen LogP contribution in [-0.4, -0.2) is 7.11 Å². The van der Waals surface area contributed by atoms with Gasteiger partial charge in [0.15, 0.2) is 0 Å². The molecule has 3 heteroatoms. The van der Waals surface area contributed by atoms with E-state index in [1.165, 1.54) is 27.8 Å². The highest BCUT2D eigenvalue weighted by Crippen LogP contribution is 2.33. The highest BCUT2D eigenvalue weighted by molar-refractivity contribution is 5.47. The van der Waals surface area contributed by atoms with Crippen molar-refractivity contribution in [2.75, 3.05) is 7.11 Å². The lowest BCUT2D eigenvalue weighted by Crippen LogP contribution is -2.30. The van der Waals surface area contributed by atoms with Crippen LogP contribution in [0.4, 0.5) is 0 Å². The fourth-order valence-corrected chi connectivity index (χ4v) is 2.72. The van der Waals surface area contributed by atoms with Crippen LogP contribution in [0, 0.1) is 27.7 Å². The van der Waals surface area contributed by atoms with Crippen LogP contribution in [-0.2, 0) is 0 Å². The van der Waals surface area contributed by atoms with Gasteiger partial charge >= 0.3 is 0 Å². The van der Waals surface area contributed by atoms with E-state index >= 15 is 0 Å². The van der Waals surface area contributed by atoms with Gasteiger partial charge in [-0.1, -0.05) is 29.8 Å². The summed E-state index contributed by atoms with van der Waals surface area (Å²) in [6.45, 7) is 8.45. The summed E-state index contributed by atoms with van der Waals surface area (Å²) in [7, 11) is 1.69. The molecule has 2 rings (SSSR count). The Morgan fingerprint density at radius 1 is 0.905 bits per heavy atom. The summed E-state index contributed by atoms with van der Waals surface area (Å²) in [4.78, 5) is 0. The Morgan fingerprint density at radius 3 is 2.19 bits per heavy atom. The highest BCUT2D eigenvalue weighted by Gasteiger charge is 2.19. The Morgan fingerprint density at radius 2 is 1.57 bits per heavy atom. The Kier molecular flexibility index (Phi) is 4.66. The van der Waals surface area contributed by atoms with Crippen molar-refractivity contribution in [2.24, 2.45) is 5.84 Å². The van der Waals surface area contributed by atoms with E-state index in [0.29, 0.717) is 0 Å². The molecule has 0 aliphatic carbocycles. The number of hydrogen-bond acceptors (Lipinski definition) is 3. The van der Waals surface area contributed by atoms with Crippen molar-refractivity contribution in [3.8, 4) is 5.75 Å². The summed E-state index contributed by atoms with van der Waals surface area (Å²) in [5, 5.41) is 0. The minimum Gasteiger partial charge on any atom is -0.496 e. The number of ether oxygens (including phenoxy) is 1. The Balaban J connectivity index is 2.59. The van der Waals surface area contributed by atoms with Crippen molar-refractivity contribution in [1.29, 1.82) is 0 Å². The molecule has 2 aromatic rings. The quantitative estimate of drug-likeness (QED) is 0.667. The molecule has 0 aliphatic rings. The van der Waals surface area contributed by atoms with Gasteiger partial charge in [0.25, 0.3) is 0 Å². The summed E-state index contributed by atoms with van der Waals surface area (Å²) in [5.74, 6) is 6.71. The number of methoxy groups -OCH3 is 1. The van der Waals surface area contributed by atoms with Crippen LogP contribution in [0.3, 0.4) is 0 Å². The fraction of sp³-hybridized carbons (Fsp3) is 0.333. The Hall–Kier alpha value is -1.84. The van der Waals surface area contributed by atoms with E-state index in [1.54, 1.807) is 7.11 Å². The van der Waals surface area contributed by atoms with Crippen molar-refractivity contribution in [3.63, 3.8) is 0 Å². The van der Waals surface area contributed by atoms with Crippen LogP contribution in [0.15, 0.2) is 30.3 Å². The molecule has 0 heterocycles. The third-order valence-electron chi connectivity index (χ3n) is 4.06. The van der Waals surface area contributed by atoms with Gasteiger partial charge < -0.3 is 4.74 Å². The van der Waals surface area contributed by atoms with Crippen LogP contribution in [0.1, 0.15) is 39.4 Å². The van der Waals surface area contributed by atoms with Crippen LogP contribution < -0.4 is 16.0 Å². The zero-order valence-electron chi connectivity index (χ0n) is 13.4. The molecule has 0 aromatic heterocycles. The van der Waals surface area contributed by atoms with Gasteiger partial charge in [0.05, 0.1) is 13.2 Å². The lowest BCUT2D eigenvalue weighted by atomic mass is 9.91. The zero-order chi connectivity index (χ0) is 15.6. The second-order valence-corrected chi connectivity index (χ2v) is 5.64. The van der Waals surface area contributed by atoms with Gasteiger partial charge in [0.1, 0.15) is 5.75 Å². The maximum Gasteiger partial charge on any atom is 0.124 e. The fourth-order valence-electron chi connectivity index (χ4n) is 2.72. The lowest BCUT2D eigenvalue weighted by molar-refractivity contribution is 0.404. The number of rotatable bonds is 4. The standard InChI is InChI=1S/C18H24N2O/c1-11-6-7-17(21-5)16(8-11)18(20-19)15-10-13(3)12(2)9-14(15)4/h6-10,18,20H,19H2,1-5H3. The molecular weight excluding hydrogens is 260 g/mol. The van der Waals surface area contributed by atoms with Crippen molar-refractivity contribution in [2.45, 2.75) is 33.7 Å². The smallest absolute Gasteiger partial charge is 0.124 e. The van der Waals surface area contributed by atoms with E-state index in [9.17, 15) is 0 Å². The maximum atomic E-state index is 5.86. The van der Waals surface area contributed by atoms with Crippen molar-refractivity contribution >= 4 is 0 Å². The van der Waals surface area contributed by atoms with E-state index in [0.717, 1.165) is 11.3 Å². The first-order chi connectivity index (χ1) is 9.97. The second kappa shape index (κ2) is 6.29. The minimum atomic E-state index is -0.0841. The van der Waals surface area contributed by atoms with Crippen molar-refractivity contribution in [3.05, 3.63) is 63.7 Å². The first kappa shape index (κ1) is 15.5. The third-order valence-corrected chi connectivity index (χ3v) is 4.06. The molecule has 0 saturated heterocycles. The number of aryl methyl sites for hydroxylation is 4. The second-order valence-electron chi connectivity index (χ2n) is 5.64. The molecule has 1 unspecified atom stereocenters. The average molecular weight is 284 g/mol. The number of benzene rings is 2. The van der Waals surface area contributed by atoms with Gasteiger partial charge in [0, 0.05) is 5.56 Å². The monoisotopic (exact) mass is 284 g/mol. The molecule has 0 saturated carbocycles. The molecular formula is C18H24N2O. The number of nitrogens with two attached hydrogens (primary N) is 1. The maximum absolute atomic E-state index is 5.86. The van der Waals surface area contributed by atoms with E-state index in [2.05, 4.69) is 51.3 Å². The largest absolute Gasteiger partial charge is 0.496 e. The Labute approximate surface area is 127 Å². The van der Waals surface area contributed by atoms with Crippen molar-refractivity contribution < 1.29 is 4.74 Å². The van der Waals surface area contributed by atoms with Gasteiger partial charge in [-0.15, -0.1) is 0 Å². The molecule has 0 amide bonds. The highest BCUT2D eigenvalue weighted by atomic mass is 16.5. The summed E-state index contributed by atoms with van der Waals surface area (Å²) in [6.07, 6.45) is 0. The molecule has 0 radical (unpaired) electrons. The number of hydrazine groups is 1. The van der Waals surface area contributed by atoms with Crippen LogP contribution in [0.2, 0.25) is 0 Å². The zero-order valence-corrected chi connectivity index (χ0v) is 13.4. The van der Waals surface area contributed by atoms with E-state index in [-0.39, 0.29) is 6.04 Å². The SMILES string of the molecule is COc1ccc(C)cc1C(NN)c1cc(C)c(C)cc1C. The molecule has 2 aromatic carbocycles. The minimum absolute atomic E-state index is 0.0841. The van der Waals surface area contributed by atoms with Gasteiger partial charge in [-0.05, 0) is 56.0 Å². The summed E-state index contributed by atoms with van der Waals surface area (Å²) in [6, 6.07) is 10.5. The average Bonchev–Trinajstić information content (AvgIpc) is 2.45. The first-order valence-corrected chi connectivity index (χ1v) is 7.16. The van der Waals surface area contributed by atoms with Gasteiger partial charge in [-0.3, -0.25) is 5.84 Å². The van der Waals surface area contributed by atoms with Crippen molar-refractivity contribution in [1.82, 2.24) is 5.43 Å². The van der Waals surface area contributed by atoms with Gasteiger partial charge in [-0.25, -0.2) is 5.43 Å². The van der Waals surface area contributed by atoms with Gasteiger partial charge in [0.2, 0.25) is 0 Å². The molecule has 1 atom stereocenters. The topological polar surface area (TPSA) is 47.3 Å². The number of nitrogens with one attached hydrogen (secondary N) is 1. The Bertz CT molecular complexity index is 650. The summed E-state index contributed by atoms with van der Waals surface area (Å²) < 4.78 is 5.50. The third kappa shape index (κ3) is 3.09. The number of hydrogen-bond donors (Lipinski definition) is 2. The van der Waals surface area contributed by atoms with Crippen LogP contribution in [0.5, 0.6) is 5.75 Å². The van der Waals surface area contributed by atoms with E-state index in [4.69, 9.17) is 10.6 Å². The molecule has 0 bridgehead atoms. The first-order valence-electron chi connectivity index (χ1n) is 7.16. The summed E-state index contributed by atoms with van der Waals surface area (Å²) in [5.41, 5.74) is 10.2. The molecule has 112 valence electrons. The molecule has 0 fully saturated rings. The predicted octanol–water partition coefficient (Wildman–Crippen LogP) is 3.48. The lowest BCUT2D eigenvalue weighted by Gasteiger charge is -2.23. The molecule has 21 heavy (non-hydrogen) atoms. The van der Waals surface area contributed by atoms with E-state index < -0.39 is 0 Å². The molecule has 0 spiro atoms.